The molecule has 27 heavy (non-hydrogen) atoms. The SMILES string of the molecule is CCOCCC(=O)NNC(=O)c1cccc(OCCOc2ccccc2)c1. The number of para-hydroxylation sites is 1. The molecule has 0 bridgehead atoms. The molecule has 0 spiro atoms. The highest BCUT2D eigenvalue weighted by molar-refractivity contribution is 5.95. The van der Waals surface area contributed by atoms with Gasteiger partial charge in [-0.3, -0.25) is 20.4 Å². The summed E-state index contributed by atoms with van der Waals surface area (Å²) >= 11 is 0. The molecule has 2 rings (SSSR count). The third kappa shape index (κ3) is 7.79. The van der Waals surface area contributed by atoms with Gasteiger partial charge in [0.05, 0.1) is 13.0 Å². The fourth-order valence-electron chi connectivity index (χ4n) is 2.13. The maximum Gasteiger partial charge on any atom is 0.269 e. The second-order valence-electron chi connectivity index (χ2n) is 5.49. The van der Waals surface area contributed by atoms with E-state index in [4.69, 9.17) is 14.2 Å². The lowest BCUT2D eigenvalue weighted by atomic mass is 10.2. The maximum absolute atomic E-state index is 12.1. The van der Waals surface area contributed by atoms with E-state index >= 15 is 0 Å². The summed E-state index contributed by atoms with van der Waals surface area (Å²) in [5.74, 6) is 0.573. The molecular formula is C20H24N2O5. The van der Waals surface area contributed by atoms with Gasteiger partial charge in [0, 0.05) is 12.2 Å². The van der Waals surface area contributed by atoms with Gasteiger partial charge in [-0.25, -0.2) is 0 Å². The number of carbonyl (C=O) groups excluding carboxylic acids is 2. The Labute approximate surface area is 158 Å². The van der Waals surface area contributed by atoms with E-state index in [1.165, 1.54) is 0 Å². The van der Waals surface area contributed by atoms with Crippen LogP contribution in [-0.4, -0.2) is 38.2 Å². The fourth-order valence-corrected chi connectivity index (χ4v) is 2.13. The zero-order valence-corrected chi connectivity index (χ0v) is 15.3. The van der Waals surface area contributed by atoms with Crippen LogP contribution >= 0.6 is 0 Å². The predicted molar refractivity (Wildman–Crippen MR) is 101 cm³/mol. The summed E-state index contributed by atoms with van der Waals surface area (Å²) in [6.45, 7) is 3.43. The summed E-state index contributed by atoms with van der Waals surface area (Å²) in [6.07, 6.45) is 0.179. The lowest BCUT2D eigenvalue weighted by Gasteiger charge is -2.10. The van der Waals surface area contributed by atoms with Gasteiger partial charge in [0.2, 0.25) is 5.91 Å². The third-order valence-electron chi connectivity index (χ3n) is 3.45. The van der Waals surface area contributed by atoms with E-state index < -0.39 is 5.91 Å². The van der Waals surface area contributed by atoms with E-state index in [1.807, 2.05) is 37.3 Å². The number of ether oxygens (including phenoxy) is 3. The molecule has 0 aliphatic carbocycles. The highest BCUT2D eigenvalue weighted by Gasteiger charge is 2.08. The molecule has 2 aromatic rings. The molecule has 0 heterocycles. The smallest absolute Gasteiger partial charge is 0.269 e. The molecule has 0 saturated heterocycles. The van der Waals surface area contributed by atoms with Crippen molar-refractivity contribution in [1.82, 2.24) is 10.9 Å². The first kappa shape index (κ1) is 20.3. The van der Waals surface area contributed by atoms with E-state index in [0.29, 0.717) is 37.7 Å². The Morgan fingerprint density at radius 3 is 2.30 bits per heavy atom. The molecular weight excluding hydrogens is 348 g/mol. The Morgan fingerprint density at radius 1 is 0.852 bits per heavy atom. The van der Waals surface area contributed by atoms with Crippen LogP contribution in [0.15, 0.2) is 54.6 Å². The molecule has 0 aliphatic rings. The Balaban J connectivity index is 1.73. The maximum atomic E-state index is 12.1. The van der Waals surface area contributed by atoms with Crippen LogP contribution in [0, 0.1) is 0 Å². The number of rotatable bonds is 10. The van der Waals surface area contributed by atoms with Gasteiger partial charge < -0.3 is 14.2 Å². The van der Waals surface area contributed by atoms with Crippen LogP contribution in [0.3, 0.4) is 0 Å². The second kappa shape index (κ2) is 11.5. The standard InChI is InChI=1S/C20H24N2O5/c1-2-25-12-11-19(23)21-22-20(24)16-7-6-10-18(15-16)27-14-13-26-17-8-4-3-5-9-17/h3-10,15H,2,11-14H2,1H3,(H,21,23)(H,22,24). The number of hydrogen-bond acceptors (Lipinski definition) is 5. The summed E-state index contributed by atoms with van der Waals surface area (Å²) in [7, 11) is 0. The molecule has 0 saturated carbocycles. The minimum Gasteiger partial charge on any atom is -0.490 e. The molecule has 0 fully saturated rings. The van der Waals surface area contributed by atoms with E-state index in [9.17, 15) is 9.59 Å². The molecule has 0 atom stereocenters. The quantitative estimate of drug-likeness (QED) is 0.494. The number of amides is 2. The summed E-state index contributed by atoms with van der Waals surface area (Å²) < 4.78 is 16.2. The van der Waals surface area contributed by atoms with E-state index in [2.05, 4.69) is 10.9 Å². The zero-order valence-electron chi connectivity index (χ0n) is 15.3. The molecule has 0 aromatic heterocycles. The minimum atomic E-state index is -0.425. The summed E-state index contributed by atoms with van der Waals surface area (Å²) in [5, 5.41) is 0. The topological polar surface area (TPSA) is 85.9 Å². The summed E-state index contributed by atoms with van der Waals surface area (Å²) in [6, 6.07) is 16.1. The Kier molecular flexibility index (Phi) is 8.65. The van der Waals surface area contributed by atoms with Crippen LogP contribution in [0.2, 0.25) is 0 Å². The fraction of sp³-hybridized carbons (Fsp3) is 0.300. The van der Waals surface area contributed by atoms with Crippen molar-refractivity contribution in [1.29, 1.82) is 0 Å². The number of hydrogen-bond donors (Lipinski definition) is 2. The van der Waals surface area contributed by atoms with Gasteiger partial charge in [0.15, 0.2) is 0 Å². The van der Waals surface area contributed by atoms with Crippen molar-refractivity contribution in [3.8, 4) is 11.5 Å². The highest BCUT2D eigenvalue weighted by atomic mass is 16.5. The molecule has 2 amide bonds. The van der Waals surface area contributed by atoms with Gasteiger partial charge >= 0.3 is 0 Å². The van der Waals surface area contributed by atoms with Crippen LogP contribution < -0.4 is 20.3 Å². The Morgan fingerprint density at radius 2 is 1.56 bits per heavy atom. The normalized spacial score (nSPS) is 10.1. The molecule has 7 nitrogen and oxygen atoms in total. The minimum absolute atomic E-state index is 0.179. The first-order valence-corrected chi connectivity index (χ1v) is 8.76. The van der Waals surface area contributed by atoms with Gasteiger partial charge in [-0.2, -0.15) is 0 Å². The first-order chi connectivity index (χ1) is 13.2. The van der Waals surface area contributed by atoms with Crippen molar-refractivity contribution >= 4 is 11.8 Å². The van der Waals surface area contributed by atoms with Crippen molar-refractivity contribution in [2.75, 3.05) is 26.4 Å². The summed E-state index contributed by atoms with van der Waals surface area (Å²) in [5.41, 5.74) is 5.09. The van der Waals surface area contributed by atoms with Crippen LogP contribution in [0.4, 0.5) is 0 Å². The van der Waals surface area contributed by atoms with Crippen molar-refractivity contribution in [3.05, 3.63) is 60.2 Å². The molecule has 2 aromatic carbocycles. The van der Waals surface area contributed by atoms with Gasteiger partial charge in [-0.1, -0.05) is 24.3 Å². The number of nitrogens with one attached hydrogen (secondary N) is 2. The molecule has 0 aliphatic heterocycles. The number of benzene rings is 2. The average molecular weight is 372 g/mol. The highest BCUT2D eigenvalue weighted by Crippen LogP contribution is 2.13. The lowest BCUT2D eigenvalue weighted by molar-refractivity contribution is -0.122. The largest absolute Gasteiger partial charge is 0.490 e. The first-order valence-electron chi connectivity index (χ1n) is 8.76. The van der Waals surface area contributed by atoms with E-state index in [1.54, 1.807) is 24.3 Å². The molecule has 0 unspecified atom stereocenters. The van der Waals surface area contributed by atoms with Crippen LogP contribution in [0.1, 0.15) is 23.7 Å². The van der Waals surface area contributed by atoms with Gasteiger partial charge in [-0.15, -0.1) is 0 Å². The molecule has 7 heteroatoms. The van der Waals surface area contributed by atoms with Crippen molar-refractivity contribution in [2.24, 2.45) is 0 Å². The van der Waals surface area contributed by atoms with Crippen LogP contribution in [0.5, 0.6) is 11.5 Å². The average Bonchev–Trinajstić information content (AvgIpc) is 2.70. The molecule has 2 N–H and O–H groups in total. The summed E-state index contributed by atoms with van der Waals surface area (Å²) in [4.78, 5) is 23.7. The van der Waals surface area contributed by atoms with Crippen LogP contribution in [-0.2, 0) is 9.53 Å². The number of hydrazine groups is 1. The second-order valence-corrected chi connectivity index (χ2v) is 5.49. The monoisotopic (exact) mass is 372 g/mol. The van der Waals surface area contributed by atoms with Crippen LogP contribution in [0.25, 0.3) is 0 Å². The van der Waals surface area contributed by atoms with Gasteiger partial charge in [0.25, 0.3) is 5.91 Å². The molecule has 144 valence electrons. The van der Waals surface area contributed by atoms with Crippen molar-refractivity contribution in [3.63, 3.8) is 0 Å². The Hall–Kier alpha value is -3.06. The zero-order chi connectivity index (χ0) is 19.3. The van der Waals surface area contributed by atoms with Gasteiger partial charge in [-0.05, 0) is 37.3 Å². The van der Waals surface area contributed by atoms with E-state index in [0.717, 1.165) is 5.75 Å². The lowest BCUT2D eigenvalue weighted by Crippen LogP contribution is -2.41. The Bertz CT molecular complexity index is 721. The number of carbonyl (C=O) groups is 2. The van der Waals surface area contributed by atoms with Gasteiger partial charge in [0.1, 0.15) is 24.7 Å². The van der Waals surface area contributed by atoms with Crippen molar-refractivity contribution < 1.29 is 23.8 Å². The third-order valence-corrected chi connectivity index (χ3v) is 3.45. The van der Waals surface area contributed by atoms with E-state index in [-0.39, 0.29) is 12.3 Å². The molecule has 0 radical (unpaired) electrons. The predicted octanol–water partition coefficient (Wildman–Crippen LogP) is 2.33. The van der Waals surface area contributed by atoms with Crippen molar-refractivity contribution in [2.45, 2.75) is 13.3 Å².